The fourth-order valence-electron chi connectivity index (χ4n) is 2.03. The van der Waals surface area contributed by atoms with E-state index in [2.05, 4.69) is 10.4 Å². The zero-order chi connectivity index (χ0) is 17.0. The van der Waals surface area contributed by atoms with Gasteiger partial charge >= 0.3 is 11.9 Å². The molecule has 0 aliphatic rings. The number of alkyl halides is 3. The minimum absolute atomic E-state index is 0.0138. The molecule has 0 unspecified atom stereocenters. The fourth-order valence-corrected chi connectivity index (χ4v) is 2.03. The first-order valence-corrected chi connectivity index (χ1v) is 6.80. The Morgan fingerprint density at radius 2 is 1.91 bits per heavy atom. The Morgan fingerprint density at radius 1 is 1.26 bits per heavy atom. The predicted molar refractivity (Wildman–Crippen MR) is 75.6 cm³/mol. The van der Waals surface area contributed by atoms with Crippen LogP contribution in [-0.2, 0) is 31.0 Å². The van der Waals surface area contributed by atoms with Crippen molar-refractivity contribution < 1.29 is 18.0 Å². The first-order valence-electron chi connectivity index (χ1n) is 6.80. The van der Waals surface area contributed by atoms with Crippen molar-refractivity contribution in [1.29, 1.82) is 0 Å². The van der Waals surface area contributed by atoms with E-state index in [-0.39, 0.29) is 25.4 Å². The SMILES string of the molecule is Cn1c(C(F)(F)F)nn(CCNC(=O)Cc2ccccc2)c1=O. The minimum atomic E-state index is -4.70. The summed E-state index contributed by atoms with van der Waals surface area (Å²) in [5.41, 5.74) is -0.0611. The Labute approximate surface area is 129 Å². The van der Waals surface area contributed by atoms with E-state index in [1.165, 1.54) is 0 Å². The predicted octanol–water partition coefficient (Wildman–Crippen LogP) is 0.960. The van der Waals surface area contributed by atoms with Crippen molar-refractivity contribution in [2.45, 2.75) is 19.1 Å². The maximum atomic E-state index is 12.6. The second-order valence-electron chi connectivity index (χ2n) is 4.90. The van der Waals surface area contributed by atoms with Gasteiger partial charge in [0.15, 0.2) is 0 Å². The van der Waals surface area contributed by atoms with Gasteiger partial charge < -0.3 is 5.32 Å². The smallest absolute Gasteiger partial charge is 0.354 e. The first-order chi connectivity index (χ1) is 10.8. The van der Waals surface area contributed by atoms with Crippen LogP contribution in [0.1, 0.15) is 11.4 Å². The zero-order valence-corrected chi connectivity index (χ0v) is 12.3. The van der Waals surface area contributed by atoms with E-state index in [4.69, 9.17) is 0 Å². The van der Waals surface area contributed by atoms with Crippen LogP contribution in [0.3, 0.4) is 0 Å². The van der Waals surface area contributed by atoms with E-state index < -0.39 is 17.7 Å². The Kier molecular flexibility index (Phi) is 4.87. The monoisotopic (exact) mass is 328 g/mol. The number of hydrogen-bond acceptors (Lipinski definition) is 3. The van der Waals surface area contributed by atoms with Crippen LogP contribution in [0, 0.1) is 0 Å². The Bertz CT molecular complexity index is 735. The second kappa shape index (κ2) is 6.67. The van der Waals surface area contributed by atoms with E-state index in [1.54, 1.807) is 24.3 Å². The van der Waals surface area contributed by atoms with Crippen LogP contribution < -0.4 is 11.0 Å². The average molecular weight is 328 g/mol. The van der Waals surface area contributed by atoms with E-state index in [1.807, 2.05) is 6.07 Å². The molecule has 2 aromatic rings. The number of halogens is 3. The molecular weight excluding hydrogens is 313 g/mol. The number of rotatable bonds is 5. The highest BCUT2D eigenvalue weighted by Gasteiger charge is 2.37. The lowest BCUT2D eigenvalue weighted by atomic mass is 10.1. The summed E-state index contributed by atoms with van der Waals surface area (Å²) < 4.78 is 39.0. The average Bonchev–Trinajstić information content (AvgIpc) is 2.76. The van der Waals surface area contributed by atoms with Gasteiger partial charge in [0.2, 0.25) is 11.7 Å². The molecule has 9 heteroatoms. The molecule has 23 heavy (non-hydrogen) atoms. The van der Waals surface area contributed by atoms with Crippen LogP contribution in [0.5, 0.6) is 0 Å². The van der Waals surface area contributed by atoms with Crippen molar-refractivity contribution in [3.8, 4) is 0 Å². The normalized spacial score (nSPS) is 11.5. The van der Waals surface area contributed by atoms with Gasteiger partial charge in [0.1, 0.15) is 0 Å². The number of benzene rings is 1. The van der Waals surface area contributed by atoms with E-state index in [0.29, 0.717) is 9.25 Å². The summed E-state index contributed by atoms with van der Waals surface area (Å²) in [6.45, 7) is -0.122. The Hall–Kier alpha value is -2.58. The highest BCUT2D eigenvalue weighted by atomic mass is 19.4. The standard InChI is InChI=1S/C14H15F3N4O2/c1-20-12(14(15,16)17)19-21(13(20)23)8-7-18-11(22)9-10-5-3-2-4-6-10/h2-6H,7-9H2,1H3,(H,18,22). The third-order valence-corrected chi connectivity index (χ3v) is 3.15. The third-order valence-electron chi connectivity index (χ3n) is 3.15. The summed E-state index contributed by atoms with van der Waals surface area (Å²) in [6, 6.07) is 9.01. The van der Waals surface area contributed by atoms with E-state index >= 15 is 0 Å². The van der Waals surface area contributed by atoms with Gasteiger partial charge in [0.25, 0.3) is 0 Å². The minimum Gasteiger partial charge on any atom is -0.354 e. The van der Waals surface area contributed by atoms with Crippen LogP contribution in [0.15, 0.2) is 35.1 Å². The largest absolute Gasteiger partial charge is 0.451 e. The highest BCUT2D eigenvalue weighted by molar-refractivity contribution is 5.78. The van der Waals surface area contributed by atoms with Gasteiger partial charge in [-0.2, -0.15) is 13.2 Å². The summed E-state index contributed by atoms with van der Waals surface area (Å²) in [4.78, 5) is 23.4. The molecule has 0 fully saturated rings. The summed E-state index contributed by atoms with van der Waals surface area (Å²) in [6.07, 6.45) is -4.54. The number of hydrogen-bond donors (Lipinski definition) is 1. The number of nitrogens with one attached hydrogen (secondary N) is 1. The molecule has 2 rings (SSSR count). The fraction of sp³-hybridized carbons (Fsp3) is 0.357. The van der Waals surface area contributed by atoms with Gasteiger partial charge in [-0.1, -0.05) is 30.3 Å². The van der Waals surface area contributed by atoms with Gasteiger partial charge in [-0.25, -0.2) is 9.48 Å². The van der Waals surface area contributed by atoms with Crippen LogP contribution >= 0.6 is 0 Å². The molecule has 124 valence electrons. The molecule has 1 N–H and O–H groups in total. The van der Waals surface area contributed by atoms with Crippen molar-refractivity contribution in [2.24, 2.45) is 7.05 Å². The lowest BCUT2D eigenvalue weighted by molar-refractivity contribution is -0.147. The molecule has 0 bridgehead atoms. The number of aromatic nitrogens is 3. The molecule has 0 saturated carbocycles. The van der Waals surface area contributed by atoms with Gasteiger partial charge in [0.05, 0.1) is 13.0 Å². The van der Waals surface area contributed by atoms with Crippen molar-refractivity contribution >= 4 is 5.91 Å². The number of amides is 1. The summed E-state index contributed by atoms with van der Waals surface area (Å²) >= 11 is 0. The molecule has 1 aromatic heterocycles. The van der Waals surface area contributed by atoms with Crippen LogP contribution in [-0.4, -0.2) is 26.8 Å². The lowest BCUT2D eigenvalue weighted by Gasteiger charge is -2.05. The van der Waals surface area contributed by atoms with Crippen molar-refractivity contribution in [3.05, 3.63) is 52.2 Å². The highest BCUT2D eigenvalue weighted by Crippen LogP contribution is 2.25. The van der Waals surface area contributed by atoms with Crippen molar-refractivity contribution in [1.82, 2.24) is 19.7 Å². The van der Waals surface area contributed by atoms with Crippen molar-refractivity contribution in [3.63, 3.8) is 0 Å². The van der Waals surface area contributed by atoms with Gasteiger partial charge in [-0.15, -0.1) is 5.10 Å². The Morgan fingerprint density at radius 3 is 2.48 bits per heavy atom. The van der Waals surface area contributed by atoms with Crippen LogP contribution in [0.2, 0.25) is 0 Å². The molecule has 1 aromatic carbocycles. The van der Waals surface area contributed by atoms with E-state index in [0.717, 1.165) is 12.6 Å². The number of carbonyl (C=O) groups excluding carboxylic acids is 1. The summed E-state index contributed by atoms with van der Waals surface area (Å²) in [5.74, 6) is -1.55. The van der Waals surface area contributed by atoms with Crippen molar-refractivity contribution in [2.75, 3.05) is 6.54 Å². The molecule has 0 spiro atoms. The molecular formula is C14H15F3N4O2. The quantitative estimate of drug-likeness (QED) is 0.889. The molecule has 1 heterocycles. The summed E-state index contributed by atoms with van der Waals surface area (Å²) in [7, 11) is 1.00. The van der Waals surface area contributed by atoms with Crippen LogP contribution in [0.4, 0.5) is 13.2 Å². The molecule has 0 aliphatic heterocycles. The lowest BCUT2D eigenvalue weighted by Crippen LogP contribution is -2.32. The maximum Gasteiger partial charge on any atom is 0.451 e. The maximum absolute atomic E-state index is 12.6. The Balaban J connectivity index is 1.92. The molecule has 6 nitrogen and oxygen atoms in total. The number of carbonyl (C=O) groups is 1. The zero-order valence-electron chi connectivity index (χ0n) is 12.3. The van der Waals surface area contributed by atoms with Gasteiger partial charge in [-0.3, -0.25) is 9.36 Å². The number of nitrogens with zero attached hydrogens (tertiary/aromatic N) is 3. The van der Waals surface area contributed by atoms with Gasteiger partial charge in [0, 0.05) is 13.6 Å². The first kappa shape index (κ1) is 16.8. The molecule has 0 aliphatic carbocycles. The van der Waals surface area contributed by atoms with Crippen LogP contribution in [0.25, 0.3) is 0 Å². The second-order valence-corrected chi connectivity index (χ2v) is 4.90. The molecule has 0 saturated heterocycles. The third kappa shape index (κ3) is 4.21. The topological polar surface area (TPSA) is 68.9 Å². The van der Waals surface area contributed by atoms with Gasteiger partial charge in [-0.05, 0) is 5.56 Å². The summed E-state index contributed by atoms with van der Waals surface area (Å²) in [5, 5.41) is 5.80. The molecule has 1 amide bonds. The molecule has 0 radical (unpaired) electrons. The molecule has 0 atom stereocenters. The van der Waals surface area contributed by atoms with E-state index in [9.17, 15) is 22.8 Å².